The molecular formula is C14H19NO2. The van der Waals surface area contributed by atoms with E-state index in [1.807, 2.05) is 0 Å². The summed E-state index contributed by atoms with van der Waals surface area (Å²) in [6.45, 7) is 4.74. The molecule has 1 N–H and O–H groups in total. The van der Waals surface area contributed by atoms with Gasteiger partial charge < -0.3 is 14.8 Å². The van der Waals surface area contributed by atoms with Crippen LogP contribution in [-0.4, -0.2) is 19.8 Å². The van der Waals surface area contributed by atoms with E-state index in [4.69, 9.17) is 9.47 Å². The number of ether oxygens (including phenoxy) is 2. The van der Waals surface area contributed by atoms with E-state index in [-0.39, 0.29) is 0 Å². The van der Waals surface area contributed by atoms with Crippen LogP contribution in [-0.2, 0) is 0 Å². The Morgan fingerprint density at radius 1 is 1.18 bits per heavy atom. The van der Waals surface area contributed by atoms with Crippen LogP contribution in [0.2, 0.25) is 0 Å². The maximum Gasteiger partial charge on any atom is 0.164 e. The lowest BCUT2D eigenvalue weighted by molar-refractivity contribution is 0.296. The predicted molar refractivity (Wildman–Crippen MR) is 66.8 cm³/mol. The number of fused-ring (bicyclic) bond motifs is 1. The Morgan fingerprint density at radius 3 is 2.88 bits per heavy atom. The Bertz CT molecular complexity index is 411. The van der Waals surface area contributed by atoms with E-state index in [0.29, 0.717) is 6.04 Å². The number of nitrogens with one attached hydrogen (secondary N) is 1. The van der Waals surface area contributed by atoms with Crippen molar-refractivity contribution in [1.29, 1.82) is 0 Å². The fourth-order valence-corrected chi connectivity index (χ4v) is 2.65. The number of hydrogen-bond acceptors (Lipinski definition) is 3. The average Bonchev–Trinajstić information content (AvgIpc) is 2.75. The van der Waals surface area contributed by atoms with Gasteiger partial charge in [-0.1, -0.05) is 6.07 Å². The van der Waals surface area contributed by atoms with Gasteiger partial charge >= 0.3 is 0 Å². The Kier molecular flexibility index (Phi) is 2.93. The standard InChI is InChI=1S/C14H19NO2/c1-10-8-11(12-4-2-5-15-12)9-13-14(10)17-7-3-6-16-13/h8-9,12,15H,2-7H2,1H3. The molecule has 0 aromatic heterocycles. The van der Waals surface area contributed by atoms with Gasteiger partial charge in [-0.3, -0.25) is 0 Å². The van der Waals surface area contributed by atoms with Crippen LogP contribution >= 0.6 is 0 Å². The van der Waals surface area contributed by atoms with E-state index >= 15 is 0 Å². The molecule has 0 amide bonds. The van der Waals surface area contributed by atoms with Gasteiger partial charge in [-0.15, -0.1) is 0 Å². The summed E-state index contributed by atoms with van der Waals surface area (Å²) in [6.07, 6.45) is 3.45. The zero-order valence-corrected chi connectivity index (χ0v) is 10.3. The molecule has 0 bridgehead atoms. The zero-order valence-electron chi connectivity index (χ0n) is 10.3. The summed E-state index contributed by atoms with van der Waals surface area (Å²) < 4.78 is 11.5. The molecule has 3 rings (SSSR count). The van der Waals surface area contributed by atoms with E-state index in [1.165, 1.54) is 24.0 Å². The first-order chi connectivity index (χ1) is 8.34. The van der Waals surface area contributed by atoms with Crippen molar-refractivity contribution in [2.24, 2.45) is 0 Å². The molecule has 92 valence electrons. The number of hydrogen-bond donors (Lipinski definition) is 1. The van der Waals surface area contributed by atoms with Gasteiger partial charge in [0, 0.05) is 12.5 Å². The zero-order chi connectivity index (χ0) is 11.7. The summed E-state index contributed by atoms with van der Waals surface area (Å²) >= 11 is 0. The van der Waals surface area contributed by atoms with Crippen molar-refractivity contribution in [3.05, 3.63) is 23.3 Å². The topological polar surface area (TPSA) is 30.5 Å². The normalized spacial score (nSPS) is 23.5. The molecule has 1 aromatic rings. The molecule has 1 atom stereocenters. The highest BCUT2D eigenvalue weighted by Gasteiger charge is 2.20. The van der Waals surface area contributed by atoms with E-state index in [1.54, 1.807) is 0 Å². The monoisotopic (exact) mass is 233 g/mol. The molecule has 3 nitrogen and oxygen atoms in total. The molecule has 3 heteroatoms. The second kappa shape index (κ2) is 4.57. The minimum absolute atomic E-state index is 0.492. The Labute approximate surface area is 102 Å². The Morgan fingerprint density at radius 2 is 2.06 bits per heavy atom. The van der Waals surface area contributed by atoms with Crippen LogP contribution in [0.25, 0.3) is 0 Å². The summed E-state index contributed by atoms with van der Waals surface area (Å²) in [6, 6.07) is 4.87. The lowest BCUT2D eigenvalue weighted by Crippen LogP contribution is -2.13. The van der Waals surface area contributed by atoms with Gasteiger partial charge in [0.15, 0.2) is 11.5 Å². The molecule has 0 radical (unpaired) electrons. The van der Waals surface area contributed by atoms with Crippen molar-refractivity contribution in [3.8, 4) is 11.5 Å². The first-order valence-electron chi connectivity index (χ1n) is 6.48. The van der Waals surface area contributed by atoms with Gasteiger partial charge in [0.1, 0.15) is 0 Å². The van der Waals surface area contributed by atoms with Crippen LogP contribution < -0.4 is 14.8 Å². The molecule has 17 heavy (non-hydrogen) atoms. The number of aryl methyl sites for hydroxylation is 1. The highest BCUT2D eigenvalue weighted by Crippen LogP contribution is 2.37. The summed E-state index contributed by atoms with van der Waals surface area (Å²) in [7, 11) is 0. The quantitative estimate of drug-likeness (QED) is 0.808. The largest absolute Gasteiger partial charge is 0.490 e. The van der Waals surface area contributed by atoms with E-state index in [0.717, 1.165) is 37.7 Å². The third-order valence-corrected chi connectivity index (χ3v) is 3.52. The van der Waals surface area contributed by atoms with Crippen LogP contribution in [0.15, 0.2) is 12.1 Å². The third kappa shape index (κ3) is 2.12. The van der Waals surface area contributed by atoms with Gasteiger partial charge in [-0.25, -0.2) is 0 Å². The first kappa shape index (κ1) is 10.9. The van der Waals surface area contributed by atoms with Crippen molar-refractivity contribution in [2.75, 3.05) is 19.8 Å². The maximum absolute atomic E-state index is 5.78. The molecule has 0 saturated carbocycles. The molecule has 0 aliphatic carbocycles. The van der Waals surface area contributed by atoms with Gasteiger partial charge in [0.2, 0.25) is 0 Å². The smallest absolute Gasteiger partial charge is 0.164 e. The minimum atomic E-state index is 0.492. The highest BCUT2D eigenvalue weighted by molar-refractivity contribution is 5.50. The summed E-state index contributed by atoms with van der Waals surface area (Å²) in [5.74, 6) is 1.86. The minimum Gasteiger partial charge on any atom is -0.490 e. The lowest BCUT2D eigenvalue weighted by atomic mass is 10.0. The SMILES string of the molecule is Cc1cc(C2CCCN2)cc2c1OCCCO2. The Balaban J connectivity index is 1.96. The maximum atomic E-state index is 5.78. The van der Waals surface area contributed by atoms with Gasteiger partial charge in [0.05, 0.1) is 13.2 Å². The molecule has 1 saturated heterocycles. The van der Waals surface area contributed by atoms with Crippen LogP contribution in [0.5, 0.6) is 11.5 Å². The molecular weight excluding hydrogens is 214 g/mol. The molecule has 2 aliphatic rings. The first-order valence-corrected chi connectivity index (χ1v) is 6.48. The summed E-state index contributed by atoms with van der Waals surface area (Å²) in [5.41, 5.74) is 2.53. The van der Waals surface area contributed by atoms with Gasteiger partial charge in [-0.2, -0.15) is 0 Å². The molecule has 2 aliphatic heterocycles. The fraction of sp³-hybridized carbons (Fsp3) is 0.571. The number of benzene rings is 1. The fourth-order valence-electron chi connectivity index (χ4n) is 2.65. The second-order valence-electron chi connectivity index (χ2n) is 4.86. The summed E-state index contributed by atoms with van der Waals surface area (Å²) in [5, 5.41) is 3.53. The van der Waals surface area contributed by atoms with Crippen LogP contribution in [0, 0.1) is 6.92 Å². The molecule has 1 aromatic carbocycles. The second-order valence-corrected chi connectivity index (χ2v) is 4.86. The van der Waals surface area contributed by atoms with Crippen molar-refractivity contribution in [1.82, 2.24) is 5.32 Å². The van der Waals surface area contributed by atoms with Crippen molar-refractivity contribution in [3.63, 3.8) is 0 Å². The van der Waals surface area contributed by atoms with Crippen molar-refractivity contribution in [2.45, 2.75) is 32.2 Å². The third-order valence-electron chi connectivity index (χ3n) is 3.52. The van der Waals surface area contributed by atoms with Crippen molar-refractivity contribution < 1.29 is 9.47 Å². The lowest BCUT2D eigenvalue weighted by Gasteiger charge is -2.16. The molecule has 2 heterocycles. The van der Waals surface area contributed by atoms with Crippen LogP contribution in [0.3, 0.4) is 0 Å². The van der Waals surface area contributed by atoms with Crippen LogP contribution in [0.4, 0.5) is 0 Å². The predicted octanol–water partition coefficient (Wildman–Crippen LogP) is 2.58. The van der Waals surface area contributed by atoms with Crippen LogP contribution in [0.1, 0.15) is 36.4 Å². The molecule has 1 unspecified atom stereocenters. The molecule has 0 spiro atoms. The van der Waals surface area contributed by atoms with Gasteiger partial charge in [0.25, 0.3) is 0 Å². The highest BCUT2D eigenvalue weighted by atomic mass is 16.5. The van der Waals surface area contributed by atoms with E-state index in [9.17, 15) is 0 Å². The van der Waals surface area contributed by atoms with Crippen molar-refractivity contribution >= 4 is 0 Å². The summed E-state index contributed by atoms with van der Waals surface area (Å²) in [4.78, 5) is 0. The van der Waals surface area contributed by atoms with Gasteiger partial charge in [-0.05, 0) is 43.5 Å². The number of rotatable bonds is 1. The van der Waals surface area contributed by atoms with E-state index < -0.39 is 0 Å². The van der Waals surface area contributed by atoms with E-state index in [2.05, 4.69) is 24.4 Å². The molecule has 1 fully saturated rings. The average molecular weight is 233 g/mol. The Hall–Kier alpha value is -1.22.